The minimum atomic E-state index is -0.662. The number of amides is 4. The third-order valence-corrected chi connectivity index (χ3v) is 8.03. The Morgan fingerprint density at radius 3 is 2.14 bits per heavy atom. The van der Waals surface area contributed by atoms with E-state index in [2.05, 4.69) is 10.6 Å². The van der Waals surface area contributed by atoms with Crippen LogP contribution >= 0.6 is 23.4 Å². The molecule has 0 saturated heterocycles. The molecular weight excluding hydrogens is 589 g/mol. The number of thioether (sulfide) groups is 1. The molecule has 4 aromatic carbocycles. The lowest BCUT2D eigenvalue weighted by atomic mass is 10.1. The van der Waals surface area contributed by atoms with Gasteiger partial charge in [-0.05, 0) is 78.9 Å². The number of fused-ring (bicyclic) bond motifs is 1. The zero-order valence-corrected chi connectivity index (χ0v) is 24.3. The topological polar surface area (TPSA) is 95.6 Å². The molecule has 4 amide bonds. The van der Waals surface area contributed by atoms with E-state index in [1.165, 1.54) is 29.2 Å². The third-order valence-electron chi connectivity index (χ3n) is 6.60. The zero-order valence-electron chi connectivity index (χ0n) is 22.7. The minimum Gasteiger partial charge on any atom is -0.321 e. The summed E-state index contributed by atoms with van der Waals surface area (Å²) in [4.78, 5) is 53.3. The number of imide groups is 1. The van der Waals surface area contributed by atoms with Gasteiger partial charge in [0.1, 0.15) is 11.5 Å². The number of nitrogens with zero attached hydrogens (tertiary/aromatic N) is 1. The summed E-state index contributed by atoms with van der Waals surface area (Å²) >= 11 is 7.71. The molecule has 0 fully saturated rings. The Morgan fingerprint density at radius 2 is 1.49 bits per heavy atom. The van der Waals surface area contributed by atoms with E-state index in [1.807, 2.05) is 12.1 Å². The van der Waals surface area contributed by atoms with E-state index < -0.39 is 17.6 Å². The highest BCUT2D eigenvalue weighted by atomic mass is 35.5. The summed E-state index contributed by atoms with van der Waals surface area (Å²) in [7, 11) is 0. The Morgan fingerprint density at radius 1 is 0.837 bits per heavy atom. The molecule has 216 valence electrons. The van der Waals surface area contributed by atoms with Crippen molar-refractivity contribution in [1.29, 1.82) is 0 Å². The van der Waals surface area contributed by atoms with Crippen molar-refractivity contribution in [3.8, 4) is 0 Å². The average molecular weight is 614 g/mol. The van der Waals surface area contributed by atoms with Crippen molar-refractivity contribution in [1.82, 2.24) is 10.2 Å². The van der Waals surface area contributed by atoms with Crippen LogP contribution in [0, 0.1) is 5.82 Å². The fraction of sp³-hybridized carbons (Fsp3) is 0.0909. The van der Waals surface area contributed by atoms with E-state index >= 15 is 0 Å². The minimum absolute atomic E-state index is 0.0318. The molecule has 7 nitrogen and oxygen atoms in total. The van der Waals surface area contributed by atoms with Crippen LogP contribution in [0.2, 0.25) is 5.02 Å². The van der Waals surface area contributed by atoms with E-state index in [9.17, 15) is 23.6 Å². The first-order valence-electron chi connectivity index (χ1n) is 13.3. The molecule has 0 atom stereocenters. The Bertz CT molecular complexity index is 1670. The van der Waals surface area contributed by atoms with Gasteiger partial charge in [-0.1, -0.05) is 48.0 Å². The van der Waals surface area contributed by atoms with Crippen LogP contribution in [0.5, 0.6) is 0 Å². The standard InChI is InChI=1S/C33H25ClFN3O4S/c34-27-12-6-13-28(35)26(27)20-29(37-30(39)21-8-2-1-3-9-21)31(40)36-22-14-16-23(17-15-22)43-19-7-18-38-32(41)24-10-4-5-11-25(24)33(38)42/h1-6,8-17,20H,7,18-19H2,(H,36,40)(H,37,39)/b29-20-. The molecular formula is C33H25ClFN3O4S. The lowest BCUT2D eigenvalue weighted by Crippen LogP contribution is -2.31. The predicted molar refractivity (Wildman–Crippen MR) is 166 cm³/mol. The molecule has 0 unspecified atom stereocenters. The average Bonchev–Trinajstić information content (AvgIpc) is 3.26. The van der Waals surface area contributed by atoms with Crippen LogP contribution in [-0.4, -0.2) is 40.8 Å². The van der Waals surface area contributed by atoms with E-state index in [0.717, 1.165) is 4.90 Å². The van der Waals surface area contributed by atoms with E-state index in [-0.39, 0.29) is 28.1 Å². The van der Waals surface area contributed by atoms with Crippen molar-refractivity contribution < 1.29 is 23.6 Å². The van der Waals surface area contributed by atoms with Crippen molar-refractivity contribution in [3.63, 3.8) is 0 Å². The molecule has 0 spiro atoms. The lowest BCUT2D eigenvalue weighted by molar-refractivity contribution is -0.113. The number of hydrogen-bond acceptors (Lipinski definition) is 5. The molecule has 0 aromatic heterocycles. The SMILES string of the molecule is O=C(Nc1ccc(SCCCN2C(=O)c3ccccc3C2=O)cc1)/C(=C/c1c(F)cccc1Cl)NC(=O)c1ccccc1. The first kappa shape index (κ1) is 29.8. The molecule has 0 bridgehead atoms. The Kier molecular flexibility index (Phi) is 9.34. The maximum absolute atomic E-state index is 14.5. The maximum Gasteiger partial charge on any atom is 0.272 e. The monoisotopic (exact) mass is 613 g/mol. The van der Waals surface area contributed by atoms with E-state index in [4.69, 9.17) is 11.6 Å². The normalized spacial score (nSPS) is 12.7. The number of carbonyl (C=O) groups excluding carboxylic acids is 4. The largest absolute Gasteiger partial charge is 0.321 e. The maximum atomic E-state index is 14.5. The summed E-state index contributed by atoms with van der Waals surface area (Å²) in [6, 6.07) is 26.3. The molecule has 1 aliphatic rings. The van der Waals surface area contributed by atoms with Crippen LogP contribution in [0.25, 0.3) is 6.08 Å². The van der Waals surface area contributed by atoms with Crippen molar-refractivity contribution >= 4 is 58.8 Å². The van der Waals surface area contributed by atoms with E-state index in [0.29, 0.717) is 41.1 Å². The second-order valence-corrected chi connectivity index (χ2v) is 11.1. The summed E-state index contributed by atoms with van der Waals surface area (Å²) < 4.78 is 14.5. The number of rotatable bonds is 10. The number of anilines is 1. The summed E-state index contributed by atoms with van der Waals surface area (Å²) in [5.41, 5.74) is 1.44. The van der Waals surface area contributed by atoms with Gasteiger partial charge in [-0.3, -0.25) is 24.1 Å². The van der Waals surface area contributed by atoms with Gasteiger partial charge in [0.2, 0.25) is 0 Å². The molecule has 0 saturated carbocycles. The first-order valence-corrected chi connectivity index (χ1v) is 14.7. The Labute approximate surface area is 256 Å². The molecule has 1 aliphatic heterocycles. The van der Waals surface area contributed by atoms with Gasteiger partial charge in [0.05, 0.1) is 16.1 Å². The first-order chi connectivity index (χ1) is 20.8. The zero-order chi connectivity index (χ0) is 30.3. The van der Waals surface area contributed by atoms with Gasteiger partial charge >= 0.3 is 0 Å². The van der Waals surface area contributed by atoms with Gasteiger partial charge in [0, 0.05) is 28.3 Å². The predicted octanol–water partition coefficient (Wildman–Crippen LogP) is 6.67. The van der Waals surface area contributed by atoms with Gasteiger partial charge in [-0.25, -0.2) is 4.39 Å². The third kappa shape index (κ3) is 7.02. The second kappa shape index (κ2) is 13.5. The quantitative estimate of drug-likeness (QED) is 0.0902. The lowest BCUT2D eigenvalue weighted by Gasteiger charge is -2.13. The van der Waals surface area contributed by atoms with Crippen LogP contribution < -0.4 is 10.6 Å². The molecule has 1 heterocycles. The van der Waals surface area contributed by atoms with Gasteiger partial charge in [0.15, 0.2) is 0 Å². The van der Waals surface area contributed by atoms with Crippen LogP contribution in [0.1, 0.15) is 43.1 Å². The van der Waals surface area contributed by atoms with Crippen LogP contribution in [0.4, 0.5) is 10.1 Å². The van der Waals surface area contributed by atoms with Crippen molar-refractivity contribution in [2.75, 3.05) is 17.6 Å². The number of hydrogen-bond donors (Lipinski definition) is 2. The van der Waals surface area contributed by atoms with Crippen molar-refractivity contribution in [3.05, 3.63) is 136 Å². The van der Waals surface area contributed by atoms with Crippen LogP contribution in [0.15, 0.2) is 108 Å². The molecule has 4 aromatic rings. The molecule has 0 aliphatic carbocycles. The molecule has 10 heteroatoms. The summed E-state index contributed by atoms with van der Waals surface area (Å²) in [6.45, 7) is 0.323. The van der Waals surface area contributed by atoms with Gasteiger partial charge in [-0.2, -0.15) is 0 Å². The highest BCUT2D eigenvalue weighted by Gasteiger charge is 2.34. The van der Waals surface area contributed by atoms with Crippen LogP contribution in [0.3, 0.4) is 0 Å². The number of benzene rings is 4. The smallest absolute Gasteiger partial charge is 0.272 e. The Balaban J connectivity index is 1.20. The van der Waals surface area contributed by atoms with Gasteiger partial charge in [-0.15, -0.1) is 11.8 Å². The highest BCUT2D eigenvalue weighted by molar-refractivity contribution is 7.99. The molecule has 43 heavy (non-hydrogen) atoms. The van der Waals surface area contributed by atoms with Gasteiger partial charge in [0.25, 0.3) is 23.6 Å². The fourth-order valence-electron chi connectivity index (χ4n) is 4.42. The number of halogens is 2. The summed E-state index contributed by atoms with van der Waals surface area (Å²) in [6.07, 6.45) is 1.81. The number of carbonyl (C=O) groups is 4. The molecule has 0 radical (unpaired) electrons. The van der Waals surface area contributed by atoms with Crippen molar-refractivity contribution in [2.24, 2.45) is 0 Å². The highest BCUT2D eigenvalue weighted by Crippen LogP contribution is 2.26. The second-order valence-electron chi connectivity index (χ2n) is 9.50. The molecule has 5 rings (SSSR count). The van der Waals surface area contributed by atoms with Crippen molar-refractivity contribution in [2.45, 2.75) is 11.3 Å². The fourth-order valence-corrected chi connectivity index (χ4v) is 5.48. The summed E-state index contributed by atoms with van der Waals surface area (Å²) in [5.74, 6) is -1.71. The molecule has 2 N–H and O–H groups in total. The van der Waals surface area contributed by atoms with Crippen LogP contribution in [-0.2, 0) is 4.79 Å². The summed E-state index contributed by atoms with van der Waals surface area (Å²) in [5, 5.41) is 5.38. The van der Waals surface area contributed by atoms with E-state index in [1.54, 1.807) is 78.5 Å². The van der Waals surface area contributed by atoms with Gasteiger partial charge < -0.3 is 10.6 Å². The Hall–Kier alpha value is -4.73. The number of nitrogens with one attached hydrogen (secondary N) is 2.